The van der Waals surface area contributed by atoms with Gasteiger partial charge in [0, 0.05) is 18.3 Å². The van der Waals surface area contributed by atoms with Gasteiger partial charge >= 0.3 is 24.4 Å². The van der Waals surface area contributed by atoms with Crippen molar-refractivity contribution >= 4 is 23.5 Å². The molecule has 0 bridgehead atoms. The fraction of sp³-hybridized carbons (Fsp3) is 0.550. The van der Waals surface area contributed by atoms with Gasteiger partial charge in [-0.25, -0.2) is 9.38 Å². The molecule has 17 heteroatoms. The van der Waals surface area contributed by atoms with Gasteiger partial charge in [0.25, 0.3) is 5.60 Å². The van der Waals surface area contributed by atoms with E-state index in [0.29, 0.717) is 18.2 Å². The Hall–Kier alpha value is -3.11. The minimum Gasteiger partial charge on any atom is -0.372 e. The summed E-state index contributed by atoms with van der Waals surface area (Å²) in [6, 6.07) is 0.997. The Morgan fingerprint density at radius 2 is 1.54 bits per heavy atom. The molecule has 0 saturated heterocycles. The van der Waals surface area contributed by atoms with Gasteiger partial charge < -0.3 is 15.7 Å². The molecule has 0 fully saturated rings. The molecule has 7 nitrogen and oxygen atoms in total. The molecule has 1 unspecified atom stereocenters. The summed E-state index contributed by atoms with van der Waals surface area (Å²) in [5.74, 6) is -5.75. The summed E-state index contributed by atoms with van der Waals surface area (Å²) < 4.78 is 134. The van der Waals surface area contributed by atoms with Crippen LogP contribution in [0.25, 0.3) is 0 Å². The van der Waals surface area contributed by atoms with Crippen LogP contribution in [0.4, 0.5) is 49.6 Å². The number of hydrogen-bond donors (Lipinski definition) is 2. The first-order valence-electron chi connectivity index (χ1n) is 10.0. The molecule has 1 aromatic rings. The predicted molar refractivity (Wildman–Crippen MR) is 107 cm³/mol. The lowest BCUT2D eigenvalue weighted by molar-refractivity contribution is -0.363. The Kier molecular flexibility index (Phi) is 7.11. The van der Waals surface area contributed by atoms with Crippen LogP contribution in [0.1, 0.15) is 26.3 Å². The number of guanidine groups is 1. The van der Waals surface area contributed by atoms with Crippen LogP contribution in [0.3, 0.4) is 0 Å². The molecule has 1 aliphatic rings. The van der Waals surface area contributed by atoms with Crippen LogP contribution < -0.4 is 10.6 Å². The molecule has 0 saturated carbocycles. The number of aliphatic hydroxyl groups is 1. The molecule has 2 rings (SSSR count). The molecule has 0 spiro atoms. The third kappa shape index (κ3) is 4.80. The highest BCUT2D eigenvalue weighted by atomic mass is 19.4. The number of carbonyl (C=O) groups is 2. The molecule has 1 heterocycles. The molecule has 1 aliphatic heterocycles. The van der Waals surface area contributed by atoms with E-state index < -0.39 is 81.4 Å². The first-order chi connectivity index (χ1) is 16.3. The van der Waals surface area contributed by atoms with Crippen LogP contribution in [-0.4, -0.2) is 65.5 Å². The number of halogens is 10. The SMILES string of the molecule is CN1C(=O)C(C)(C)C(C)(c2cc(N(CC(O)(C(F)(F)F)C(F)(F)F)C(=O)C(F)(F)F)ccc2F)N=C1N. The van der Waals surface area contributed by atoms with Crippen molar-refractivity contribution in [1.29, 1.82) is 0 Å². The highest BCUT2D eigenvalue weighted by Gasteiger charge is 2.71. The minimum atomic E-state index is -6.58. The highest BCUT2D eigenvalue weighted by molar-refractivity contribution is 6.02. The summed E-state index contributed by atoms with van der Waals surface area (Å²) in [6.07, 6.45) is -19.2. The molecule has 208 valence electrons. The molecule has 37 heavy (non-hydrogen) atoms. The number of nitrogens with two attached hydrogens (primary N) is 1. The van der Waals surface area contributed by atoms with E-state index in [1.165, 1.54) is 20.9 Å². The zero-order chi connectivity index (χ0) is 29.2. The second kappa shape index (κ2) is 8.73. The fourth-order valence-electron chi connectivity index (χ4n) is 3.63. The zero-order valence-electron chi connectivity index (χ0n) is 19.4. The summed E-state index contributed by atoms with van der Waals surface area (Å²) >= 11 is 0. The zero-order valence-corrected chi connectivity index (χ0v) is 19.4. The second-order valence-corrected chi connectivity index (χ2v) is 8.94. The maximum absolute atomic E-state index is 14.9. The number of alkyl halides is 9. The van der Waals surface area contributed by atoms with E-state index in [1.54, 1.807) is 0 Å². The Morgan fingerprint density at radius 3 is 1.97 bits per heavy atom. The monoisotopic (exact) mass is 554 g/mol. The molecule has 2 amide bonds. The van der Waals surface area contributed by atoms with E-state index in [1.807, 2.05) is 0 Å². The topological polar surface area (TPSA) is 99.2 Å². The van der Waals surface area contributed by atoms with Crippen LogP contribution in [0.5, 0.6) is 0 Å². The number of amides is 2. The average Bonchev–Trinajstić information content (AvgIpc) is 2.72. The summed E-state index contributed by atoms with van der Waals surface area (Å²) in [5.41, 5.74) is -5.97. The van der Waals surface area contributed by atoms with E-state index in [0.717, 1.165) is 11.8 Å². The van der Waals surface area contributed by atoms with Gasteiger partial charge in [-0.3, -0.25) is 14.5 Å². The number of nitrogens with zero attached hydrogens (tertiary/aromatic N) is 3. The quantitative estimate of drug-likeness (QED) is 0.556. The number of benzene rings is 1. The molecule has 0 aromatic heterocycles. The average molecular weight is 554 g/mol. The standard InChI is InChI=1S/C20H20F10N4O3/c1-15(2)12(35)33(4)14(31)32-16(15,3)10-7-9(5-6-11(10)21)34(13(36)18(22,23)24)8-17(37,19(25,26)27)20(28,29)30/h5-7,37H,8H2,1-4H3,(H2,31,32). The first kappa shape index (κ1) is 30.1. The van der Waals surface area contributed by atoms with Gasteiger partial charge in [-0.15, -0.1) is 0 Å². The van der Waals surface area contributed by atoms with Crippen molar-refractivity contribution in [3.8, 4) is 0 Å². The number of carbonyl (C=O) groups excluding carboxylic acids is 2. The van der Waals surface area contributed by atoms with Crippen LogP contribution in [0, 0.1) is 11.2 Å². The van der Waals surface area contributed by atoms with E-state index >= 15 is 0 Å². The number of rotatable bonds is 4. The summed E-state index contributed by atoms with van der Waals surface area (Å²) in [7, 11) is 1.20. The molecule has 1 atom stereocenters. The molecule has 0 aliphatic carbocycles. The van der Waals surface area contributed by atoms with E-state index in [4.69, 9.17) is 5.73 Å². The predicted octanol–water partition coefficient (Wildman–Crippen LogP) is 3.60. The second-order valence-electron chi connectivity index (χ2n) is 8.94. The van der Waals surface area contributed by atoms with E-state index in [9.17, 15) is 58.6 Å². The molecular formula is C20H20F10N4O3. The third-order valence-electron chi connectivity index (χ3n) is 6.34. The smallest absolute Gasteiger partial charge is 0.372 e. The lowest BCUT2D eigenvalue weighted by Crippen LogP contribution is -2.64. The maximum atomic E-state index is 14.9. The Labute approximate surface area is 202 Å². The normalized spacial score (nSPS) is 21.1. The highest BCUT2D eigenvalue weighted by Crippen LogP contribution is 2.49. The van der Waals surface area contributed by atoms with E-state index in [-0.39, 0.29) is 0 Å². The largest absolute Gasteiger partial charge is 0.471 e. The molecule has 0 radical (unpaired) electrons. The Bertz CT molecular complexity index is 1110. The summed E-state index contributed by atoms with van der Waals surface area (Å²) in [4.78, 5) is 28.6. The van der Waals surface area contributed by atoms with Gasteiger partial charge in [-0.1, -0.05) is 0 Å². The third-order valence-corrected chi connectivity index (χ3v) is 6.34. The molecular weight excluding hydrogens is 534 g/mol. The van der Waals surface area contributed by atoms with Crippen LogP contribution in [-0.2, 0) is 15.1 Å². The van der Waals surface area contributed by atoms with Gasteiger partial charge in [0.05, 0.1) is 12.0 Å². The van der Waals surface area contributed by atoms with Crippen molar-refractivity contribution in [2.75, 3.05) is 18.5 Å². The summed E-state index contributed by atoms with van der Waals surface area (Å²) in [5, 5.41) is 9.46. The maximum Gasteiger partial charge on any atom is 0.471 e. The lowest BCUT2D eigenvalue weighted by Gasteiger charge is -2.46. The van der Waals surface area contributed by atoms with Crippen LogP contribution >= 0.6 is 0 Å². The van der Waals surface area contributed by atoms with Crippen molar-refractivity contribution < 1.29 is 58.6 Å². The molecule has 3 N–H and O–H groups in total. The van der Waals surface area contributed by atoms with Crippen molar-refractivity contribution in [3.63, 3.8) is 0 Å². The first-order valence-corrected chi connectivity index (χ1v) is 10.0. The van der Waals surface area contributed by atoms with Crippen molar-refractivity contribution in [2.24, 2.45) is 16.1 Å². The van der Waals surface area contributed by atoms with Crippen molar-refractivity contribution in [3.05, 3.63) is 29.6 Å². The van der Waals surface area contributed by atoms with Crippen LogP contribution in [0.15, 0.2) is 23.2 Å². The lowest BCUT2D eigenvalue weighted by atomic mass is 9.67. The Balaban J connectivity index is 2.85. The van der Waals surface area contributed by atoms with Crippen molar-refractivity contribution in [2.45, 2.75) is 50.4 Å². The number of anilines is 1. The van der Waals surface area contributed by atoms with Crippen LogP contribution in [0.2, 0.25) is 0 Å². The number of aliphatic imine (C=N–C) groups is 1. The Morgan fingerprint density at radius 1 is 1.05 bits per heavy atom. The minimum absolute atomic E-state index is 0.301. The van der Waals surface area contributed by atoms with E-state index in [2.05, 4.69) is 4.99 Å². The van der Waals surface area contributed by atoms with Crippen molar-refractivity contribution in [1.82, 2.24) is 4.90 Å². The van der Waals surface area contributed by atoms with Gasteiger partial charge in [0.1, 0.15) is 11.4 Å². The molecule has 1 aromatic carbocycles. The van der Waals surface area contributed by atoms with Gasteiger partial charge in [-0.05, 0) is 39.0 Å². The fourth-order valence-corrected chi connectivity index (χ4v) is 3.63. The van der Waals surface area contributed by atoms with Gasteiger partial charge in [-0.2, -0.15) is 39.5 Å². The van der Waals surface area contributed by atoms with Gasteiger partial charge in [0.2, 0.25) is 5.91 Å². The van der Waals surface area contributed by atoms with Gasteiger partial charge in [0.15, 0.2) is 5.96 Å². The number of hydrogen-bond acceptors (Lipinski definition) is 5. The summed E-state index contributed by atoms with van der Waals surface area (Å²) in [6.45, 7) is 0.596.